The van der Waals surface area contributed by atoms with Gasteiger partial charge in [-0.15, -0.1) is 0 Å². The maximum Gasteiger partial charge on any atom is 0.0459 e. The second kappa shape index (κ2) is 4.79. The highest BCUT2D eigenvalue weighted by molar-refractivity contribution is 6.35. The first-order valence-corrected chi connectivity index (χ1v) is 6.90. The van der Waals surface area contributed by atoms with Crippen molar-refractivity contribution >= 4 is 23.2 Å². The maximum absolute atomic E-state index is 6.32. The summed E-state index contributed by atoms with van der Waals surface area (Å²) in [6, 6.07) is 6.37. The van der Waals surface area contributed by atoms with Gasteiger partial charge in [0.25, 0.3) is 0 Å². The van der Waals surface area contributed by atoms with Gasteiger partial charge in [0.15, 0.2) is 0 Å². The average molecular weight is 272 g/mol. The van der Waals surface area contributed by atoms with E-state index >= 15 is 0 Å². The number of nitrogens with one attached hydrogen (secondary N) is 1. The van der Waals surface area contributed by atoms with Crippen LogP contribution >= 0.6 is 23.2 Å². The predicted molar refractivity (Wildman–Crippen MR) is 75.1 cm³/mol. The number of hydrogen-bond donors (Lipinski definition) is 1. The molecule has 0 aliphatic heterocycles. The van der Waals surface area contributed by atoms with Gasteiger partial charge in [-0.05, 0) is 30.0 Å². The first-order valence-electron chi connectivity index (χ1n) is 6.14. The molecule has 1 saturated carbocycles. The summed E-state index contributed by atoms with van der Waals surface area (Å²) in [6.07, 6.45) is 1.20. The molecule has 17 heavy (non-hydrogen) atoms. The number of rotatable bonds is 4. The molecule has 0 radical (unpaired) electrons. The second-order valence-electron chi connectivity index (χ2n) is 5.42. The zero-order valence-corrected chi connectivity index (χ0v) is 12.1. The molecule has 0 saturated heterocycles. The van der Waals surface area contributed by atoms with Gasteiger partial charge in [0.05, 0.1) is 0 Å². The van der Waals surface area contributed by atoms with Crippen molar-refractivity contribution in [2.24, 2.45) is 5.92 Å². The highest BCUT2D eigenvalue weighted by Gasteiger charge is 2.52. The summed E-state index contributed by atoms with van der Waals surface area (Å²) in [6.45, 7) is 7.62. The minimum atomic E-state index is 0.214. The predicted octanol–water partition coefficient (Wildman–Crippen LogP) is 4.27. The molecule has 3 heteroatoms. The van der Waals surface area contributed by atoms with E-state index in [1.807, 2.05) is 12.1 Å². The average Bonchev–Trinajstić information content (AvgIpc) is 2.87. The minimum Gasteiger partial charge on any atom is -0.314 e. The molecule has 1 aliphatic carbocycles. The third kappa shape index (κ3) is 2.62. The van der Waals surface area contributed by atoms with Gasteiger partial charge in [-0.1, -0.05) is 50.0 Å². The molecule has 1 N–H and O–H groups in total. The lowest BCUT2D eigenvalue weighted by Crippen LogP contribution is -2.33. The fourth-order valence-corrected chi connectivity index (χ4v) is 3.08. The monoisotopic (exact) mass is 271 g/mol. The highest BCUT2D eigenvalue weighted by atomic mass is 35.5. The Bertz CT molecular complexity index is 417. The van der Waals surface area contributed by atoms with Crippen LogP contribution in [-0.2, 0) is 5.41 Å². The molecule has 0 bridgehead atoms. The van der Waals surface area contributed by atoms with Crippen LogP contribution in [0.1, 0.15) is 32.8 Å². The van der Waals surface area contributed by atoms with E-state index in [2.05, 4.69) is 32.2 Å². The Labute approximate surface area is 114 Å². The molecule has 0 aromatic heterocycles. The summed E-state index contributed by atoms with van der Waals surface area (Å²) in [5.41, 5.74) is 1.45. The van der Waals surface area contributed by atoms with Gasteiger partial charge in [0, 0.05) is 28.0 Å². The Hall–Kier alpha value is -0.240. The van der Waals surface area contributed by atoms with E-state index in [9.17, 15) is 0 Å². The van der Waals surface area contributed by atoms with Crippen LogP contribution in [0, 0.1) is 5.92 Å². The van der Waals surface area contributed by atoms with Crippen molar-refractivity contribution in [2.45, 2.75) is 38.6 Å². The lowest BCUT2D eigenvalue weighted by Gasteiger charge is -2.21. The Morgan fingerprint density at radius 3 is 2.53 bits per heavy atom. The number of hydrogen-bond acceptors (Lipinski definition) is 1. The Kier molecular flexibility index (Phi) is 3.72. The molecule has 1 fully saturated rings. The van der Waals surface area contributed by atoms with Crippen molar-refractivity contribution in [3.63, 3.8) is 0 Å². The molecule has 1 aromatic carbocycles. The van der Waals surface area contributed by atoms with Crippen LogP contribution in [0.4, 0.5) is 0 Å². The van der Waals surface area contributed by atoms with E-state index in [0.717, 1.165) is 11.6 Å². The highest BCUT2D eigenvalue weighted by Crippen LogP contribution is 2.55. The topological polar surface area (TPSA) is 12.0 Å². The summed E-state index contributed by atoms with van der Waals surface area (Å²) in [7, 11) is 0. The molecule has 0 spiro atoms. The van der Waals surface area contributed by atoms with Gasteiger partial charge in [0.1, 0.15) is 0 Å². The largest absolute Gasteiger partial charge is 0.314 e. The molecule has 2 rings (SSSR count). The Morgan fingerprint density at radius 1 is 1.41 bits per heavy atom. The maximum atomic E-state index is 6.32. The van der Waals surface area contributed by atoms with Crippen LogP contribution in [0.3, 0.4) is 0 Å². The molecule has 2 unspecified atom stereocenters. The van der Waals surface area contributed by atoms with Crippen LogP contribution in [0.2, 0.25) is 10.0 Å². The van der Waals surface area contributed by atoms with Crippen molar-refractivity contribution < 1.29 is 0 Å². The van der Waals surface area contributed by atoms with Crippen LogP contribution in [-0.4, -0.2) is 12.6 Å². The first-order chi connectivity index (χ1) is 7.95. The molecule has 2 atom stereocenters. The van der Waals surface area contributed by atoms with E-state index in [1.54, 1.807) is 0 Å². The summed E-state index contributed by atoms with van der Waals surface area (Å²) in [5, 5.41) is 5.03. The first kappa shape index (κ1) is 13.2. The summed E-state index contributed by atoms with van der Waals surface area (Å²) < 4.78 is 0. The Morgan fingerprint density at radius 2 is 2.06 bits per heavy atom. The zero-order chi connectivity index (χ0) is 12.6. The van der Waals surface area contributed by atoms with E-state index < -0.39 is 0 Å². The van der Waals surface area contributed by atoms with Gasteiger partial charge in [-0.25, -0.2) is 0 Å². The van der Waals surface area contributed by atoms with Gasteiger partial charge in [0.2, 0.25) is 0 Å². The molecular formula is C14H19Cl2N. The van der Waals surface area contributed by atoms with Crippen molar-refractivity contribution in [1.29, 1.82) is 0 Å². The number of benzene rings is 1. The number of halogens is 2. The van der Waals surface area contributed by atoms with E-state index in [4.69, 9.17) is 23.2 Å². The third-order valence-electron chi connectivity index (χ3n) is 3.75. The molecule has 1 aromatic rings. The van der Waals surface area contributed by atoms with Crippen LogP contribution < -0.4 is 5.32 Å². The summed E-state index contributed by atoms with van der Waals surface area (Å²) >= 11 is 12.3. The van der Waals surface area contributed by atoms with E-state index in [0.29, 0.717) is 17.0 Å². The second-order valence-corrected chi connectivity index (χ2v) is 6.26. The van der Waals surface area contributed by atoms with Crippen molar-refractivity contribution in [2.75, 3.05) is 6.54 Å². The zero-order valence-electron chi connectivity index (χ0n) is 10.6. The van der Waals surface area contributed by atoms with Crippen LogP contribution in [0.15, 0.2) is 18.2 Å². The molecule has 0 heterocycles. The fourth-order valence-electron chi connectivity index (χ4n) is 2.48. The fraction of sp³-hybridized carbons (Fsp3) is 0.571. The van der Waals surface area contributed by atoms with Gasteiger partial charge in [-0.3, -0.25) is 0 Å². The molecule has 1 nitrogen and oxygen atoms in total. The molecule has 0 amide bonds. The third-order valence-corrected chi connectivity index (χ3v) is 4.29. The van der Waals surface area contributed by atoms with E-state index in [1.165, 1.54) is 12.0 Å². The molecule has 1 aliphatic rings. The van der Waals surface area contributed by atoms with Crippen molar-refractivity contribution in [1.82, 2.24) is 5.32 Å². The van der Waals surface area contributed by atoms with E-state index in [-0.39, 0.29) is 5.41 Å². The SMILES string of the molecule is CC(C)NCC1(c2ccc(Cl)cc2Cl)CC1C. The quantitative estimate of drug-likeness (QED) is 0.863. The van der Waals surface area contributed by atoms with Crippen LogP contribution in [0.5, 0.6) is 0 Å². The smallest absolute Gasteiger partial charge is 0.0459 e. The Balaban J connectivity index is 2.23. The van der Waals surface area contributed by atoms with Crippen molar-refractivity contribution in [3.05, 3.63) is 33.8 Å². The van der Waals surface area contributed by atoms with Gasteiger partial charge >= 0.3 is 0 Å². The standard InChI is InChI=1S/C14H19Cl2N/c1-9(2)17-8-14(7-10(14)3)12-5-4-11(15)6-13(12)16/h4-6,9-10,17H,7-8H2,1-3H3. The lowest BCUT2D eigenvalue weighted by molar-refractivity contribution is 0.499. The summed E-state index contributed by atoms with van der Waals surface area (Å²) in [5.74, 6) is 0.687. The minimum absolute atomic E-state index is 0.214. The van der Waals surface area contributed by atoms with Crippen molar-refractivity contribution in [3.8, 4) is 0 Å². The van der Waals surface area contributed by atoms with Gasteiger partial charge < -0.3 is 5.32 Å². The molecular weight excluding hydrogens is 253 g/mol. The molecule has 94 valence electrons. The van der Waals surface area contributed by atoms with Crippen LogP contribution in [0.25, 0.3) is 0 Å². The van der Waals surface area contributed by atoms with Gasteiger partial charge in [-0.2, -0.15) is 0 Å². The summed E-state index contributed by atoms with van der Waals surface area (Å²) in [4.78, 5) is 0. The lowest BCUT2D eigenvalue weighted by atomic mass is 9.93. The normalized spacial score (nSPS) is 27.5.